The number of nitrogens with one attached hydrogen (secondary N) is 1. The molecule has 0 spiro atoms. The van der Waals surface area contributed by atoms with Gasteiger partial charge in [0.05, 0.1) is 12.7 Å². The third-order valence-corrected chi connectivity index (χ3v) is 4.38. The van der Waals surface area contributed by atoms with E-state index in [1.165, 1.54) is 32.2 Å². The van der Waals surface area contributed by atoms with Crippen molar-refractivity contribution in [3.63, 3.8) is 0 Å². The highest BCUT2D eigenvalue weighted by molar-refractivity contribution is 4.76. The maximum Gasteiger partial charge on any atom is 0.0601 e. The van der Waals surface area contributed by atoms with Crippen LogP contribution in [0.1, 0.15) is 39.5 Å². The average molecular weight is 240 g/mol. The van der Waals surface area contributed by atoms with Crippen LogP contribution in [0.5, 0.6) is 0 Å². The first-order valence-corrected chi connectivity index (χ1v) is 7.33. The molecule has 1 N–H and O–H groups in total. The molecule has 0 amide bonds. The van der Waals surface area contributed by atoms with E-state index in [0.717, 1.165) is 32.2 Å². The quantitative estimate of drug-likeness (QED) is 0.812. The SMILES string of the molecule is CC1CCCCC1OCCN1CCNC[C@@H]1C. The highest BCUT2D eigenvalue weighted by Gasteiger charge is 2.22. The number of rotatable bonds is 4. The molecule has 2 unspecified atom stereocenters. The number of piperazine rings is 1. The van der Waals surface area contributed by atoms with Crippen molar-refractivity contribution in [2.75, 3.05) is 32.8 Å². The lowest BCUT2D eigenvalue weighted by molar-refractivity contribution is -0.0187. The van der Waals surface area contributed by atoms with Gasteiger partial charge in [-0.1, -0.05) is 19.8 Å². The van der Waals surface area contributed by atoms with Crippen LogP contribution in [-0.2, 0) is 4.74 Å². The molecule has 2 aliphatic rings. The monoisotopic (exact) mass is 240 g/mol. The smallest absolute Gasteiger partial charge is 0.0601 e. The van der Waals surface area contributed by atoms with Gasteiger partial charge in [-0.3, -0.25) is 4.90 Å². The second-order valence-electron chi connectivity index (χ2n) is 5.76. The molecule has 3 heteroatoms. The summed E-state index contributed by atoms with van der Waals surface area (Å²) in [5.74, 6) is 0.768. The minimum atomic E-state index is 0.530. The number of hydrogen-bond donors (Lipinski definition) is 1. The molecule has 100 valence electrons. The summed E-state index contributed by atoms with van der Waals surface area (Å²) in [7, 11) is 0. The van der Waals surface area contributed by atoms with Crippen LogP contribution < -0.4 is 5.32 Å². The van der Waals surface area contributed by atoms with Gasteiger partial charge >= 0.3 is 0 Å². The summed E-state index contributed by atoms with van der Waals surface area (Å²) in [6, 6.07) is 0.663. The van der Waals surface area contributed by atoms with Crippen LogP contribution in [0.4, 0.5) is 0 Å². The Bertz CT molecular complexity index is 200. The highest BCUT2D eigenvalue weighted by atomic mass is 16.5. The summed E-state index contributed by atoms with van der Waals surface area (Å²) in [5.41, 5.74) is 0. The van der Waals surface area contributed by atoms with E-state index in [-0.39, 0.29) is 0 Å². The van der Waals surface area contributed by atoms with Crippen LogP contribution in [0.25, 0.3) is 0 Å². The van der Waals surface area contributed by atoms with Crippen LogP contribution in [0.3, 0.4) is 0 Å². The highest BCUT2D eigenvalue weighted by Crippen LogP contribution is 2.26. The lowest BCUT2D eigenvalue weighted by Crippen LogP contribution is -2.50. The maximum absolute atomic E-state index is 6.08. The van der Waals surface area contributed by atoms with Gasteiger partial charge in [0, 0.05) is 32.2 Å². The van der Waals surface area contributed by atoms with Gasteiger partial charge in [-0.25, -0.2) is 0 Å². The van der Waals surface area contributed by atoms with Crippen molar-refractivity contribution in [1.82, 2.24) is 10.2 Å². The zero-order chi connectivity index (χ0) is 12.1. The Labute approximate surface area is 106 Å². The Morgan fingerprint density at radius 2 is 2.06 bits per heavy atom. The standard InChI is InChI=1S/C14H28N2O/c1-12-5-3-4-6-14(12)17-10-9-16-8-7-15-11-13(16)2/h12-15H,3-11H2,1-2H3/t12?,13-,14?/m0/s1. The lowest BCUT2D eigenvalue weighted by atomic mass is 9.88. The third-order valence-electron chi connectivity index (χ3n) is 4.38. The van der Waals surface area contributed by atoms with E-state index < -0.39 is 0 Å². The molecule has 1 saturated carbocycles. The minimum absolute atomic E-state index is 0.530. The van der Waals surface area contributed by atoms with Gasteiger partial charge in [0.1, 0.15) is 0 Å². The molecule has 1 heterocycles. The summed E-state index contributed by atoms with van der Waals surface area (Å²) >= 11 is 0. The molecular weight excluding hydrogens is 212 g/mol. The summed E-state index contributed by atoms with van der Waals surface area (Å²) in [4.78, 5) is 2.55. The first-order valence-electron chi connectivity index (χ1n) is 7.33. The van der Waals surface area contributed by atoms with Gasteiger partial charge in [0.25, 0.3) is 0 Å². The summed E-state index contributed by atoms with van der Waals surface area (Å²) < 4.78 is 6.08. The van der Waals surface area contributed by atoms with Crippen molar-refractivity contribution in [2.24, 2.45) is 5.92 Å². The van der Waals surface area contributed by atoms with E-state index >= 15 is 0 Å². The number of nitrogens with zero attached hydrogens (tertiary/aromatic N) is 1. The van der Waals surface area contributed by atoms with Crippen LogP contribution >= 0.6 is 0 Å². The lowest BCUT2D eigenvalue weighted by Gasteiger charge is -2.35. The Balaban J connectivity index is 1.64. The molecule has 0 bridgehead atoms. The van der Waals surface area contributed by atoms with E-state index in [4.69, 9.17) is 4.74 Å². The van der Waals surface area contributed by atoms with Crippen molar-refractivity contribution in [2.45, 2.75) is 51.7 Å². The first-order chi connectivity index (χ1) is 8.27. The van der Waals surface area contributed by atoms with Gasteiger partial charge in [-0.05, 0) is 25.7 Å². The zero-order valence-electron chi connectivity index (χ0n) is 11.5. The van der Waals surface area contributed by atoms with Crippen LogP contribution in [-0.4, -0.2) is 49.8 Å². The minimum Gasteiger partial charge on any atom is -0.377 e. The van der Waals surface area contributed by atoms with Gasteiger partial charge in [0.15, 0.2) is 0 Å². The molecule has 0 aromatic heterocycles. The summed E-state index contributed by atoms with van der Waals surface area (Å²) in [5, 5.41) is 3.43. The summed E-state index contributed by atoms with van der Waals surface area (Å²) in [6.45, 7) is 10.1. The molecule has 0 aromatic rings. The molecule has 0 aromatic carbocycles. The third kappa shape index (κ3) is 3.94. The second kappa shape index (κ2) is 6.72. The fourth-order valence-corrected chi connectivity index (χ4v) is 3.07. The van der Waals surface area contributed by atoms with Crippen molar-refractivity contribution in [3.8, 4) is 0 Å². The van der Waals surface area contributed by atoms with Crippen molar-refractivity contribution >= 4 is 0 Å². The Morgan fingerprint density at radius 3 is 2.82 bits per heavy atom. The van der Waals surface area contributed by atoms with Crippen molar-refractivity contribution < 1.29 is 4.74 Å². The normalized spacial score (nSPS) is 36.0. The topological polar surface area (TPSA) is 24.5 Å². The zero-order valence-corrected chi connectivity index (χ0v) is 11.5. The Morgan fingerprint density at radius 1 is 1.24 bits per heavy atom. The van der Waals surface area contributed by atoms with Gasteiger partial charge in [0.2, 0.25) is 0 Å². The molecule has 2 fully saturated rings. The fraction of sp³-hybridized carbons (Fsp3) is 1.00. The molecule has 1 aliphatic carbocycles. The molecule has 1 aliphatic heterocycles. The van der Waals surface area contributed by atoms with E-state index in [1.807, 2.05) is 0 Å². The molecule has 1 saturated heterocycles. The predicted octanol–water partition coefficient (Wildman–Crippen LogP) is 1.88. The average Bonchev–Trinajstić information content (AvgIpc) is 2.34. The van der Waals surface area contributed by atoms with Gasteiger partial charge < -0.3 is 10.1 Å². The molecule has 3 nitrogen and oxygen atoms in total. The molecule has 3 atom stereocenters. The van der Waals surface area contributed by atoms with E-state index in [0.29, 0.717) is 12.1 Å². The Kier molecular flexibility index (Phi) is 5.26. The van der Waals surface area contributed by atoms with Crippen LogP contribution in [0.2, 0.25) is 0 Å². The number of ether oxygens (including phenoxy) is 1. The van der Waals surface area contributed by atoms with Gasteiger partial charge in [-0.15, -0.1) is 0 Å². The van der Waals surface area contributed by atoms with Crippen LogP contribution in [0, 0.1) is 5.92 Å². The van der Waals surface area contributed by atoms with E-state index in [9.17, 15) is 0 Å². The number of hydrogen-bond acceptors (Lipinski definition) is 3. The van der Waals surface area contributed by atoms with Gasteiger partial charge in [-0.2, -0.15) is 0 Å². The predicted molar refractivity (Wildman–Crippen MR) is 71.3 cm³/mol. The second-order valence-corrected chi connectivity index (χ2v) is 5.76. The van der Waals surface area contributed by atoms with Crippen molar-refractivity contribution in [3.05, 3.63) is 0 Å². The largest absolute Gasteiger partial charge is 0.377 e. The maximum atomic E-state index is 6.08. The molecule has 2 rings (SSSR count). The molecule has 17 heavy (non-hydrogen) atoms. The van der Waals surface area contributed by atoms with Crippen molar-refractivity contribution in [1.29, 1.82) is 0 Å². The fourth-order valence-electron chi connectivity index (χ4n) is 3.07. The van der Waals surface area contributed by atoms with E-state index in [2.05, 4.69) is 24.1 Å². The first kappa shape index (κ1) is 13.3. The van der Waals surface area contributed by atoms with E-state index in [1.54, 1.807) is 0 Å². The molecule has 0 radical (unpaired) electrons. The summed E-state index contributed by atoms with van der Waals surface area (Å²) in [6.07, 6.45) is 5.92. The Hall–Kier alpha value is -0.120. The molecular formula is C14H28N2O. The van der Waals surface area contributed by atoms with Crippen LogP contribution in [0.15, 0.2) is 0 Å².